The first-order valence-corrected chi connectivity index (χ1v) is 5.51. The molecule has 1 saturated heterocycles. The molecule has 0 saturated carbocycles. The quantitative estimate of drug-likeness (QED) is 0.655. The molecule has 0 bridgehead atoms. The maximum Gasteiger partial charge on any atom is 0.419 e. The Morgan fingerprint density at radius 1 is 1.33 bits per heavy atom. The van der Waals surface area contributed by atoms with Gasteiger partial charge in [-0.2, -0.15) is 13.2 Å². The van der Waals surface area contributed by atoms with Crippen molar-refractivity contribution in [1.82, 2.24) is 5.32 Å². The molecule has 1 N–H and O–H groups in total. The van der Waals surface area contributed by atoms with Gasteiger partial charge < -0.3 is 5.32 Å². The van der Waals surface area contributed by atoms with Gasteiger partial charge in [0, 0.05) is 18.0 Å². The summed E-state index contributed by atoms with van der Waals surface area (Å²) < 4.78 is 50.3. The lowest BCUT2D eigenvalue weighted by atomic mass is 9.96. The molecule has 0 spiro atoms. The lowest BCUT2D eigenvalue weighted by Gasteiger charge is -2.11. The van der Waals surface area contributed by atoms with Crippen molar-refractivity contribution in [3.63, 3.8) is 0 Å². The monoisotopic (exact) mass is 261 g/mol. The molecule has 0 radical (unpaired) electrons. The highest BCUT2D eigenvalue weighted by Crippen LogP contribution is 2.32. The fraction of sp³-hybridized carbons (Fsp3) is 0.417. The van der Waals surface area contributed by atoms with Crippen LogP contribution in [0.4, 0.5) is 17.6 Å². The first-order chi connectivity index (χ1) is 8.39. The van der Waals surface area contributed by atoms with Crippen LogP contribution in [-0.4, -0.2) is 18.9 Å². The Kier molecular flexibility index (Phi) is 3.38. The number of ketones is 1. The lowest BCUT2D eigenvalue weighted by molar-refractivity contribution is -0.140. The van der Waals surface area contributed by atoms with Crippen LogP contribution in [0.5, 0.6) is 0 Å². The first-order valence-electron chi connectivity index (χ1n) is 5.51. The molecule has 1 aliphatic rings. The van der Waals surface area contributed by atoms with Crippen molar-refractivity contribution in [2.24, 2.45) is 5.92 Å². The Morgan fingerprint density at radius 3 is 2.56 bits per heavy atom. The molecule has 98 valence electrons. The summed E-state index contributed by atoms with van der Waals surface area (Å²) in [6.07, 6.45) is -4.11. The van der Waals surface area contributed by atoms with Crippen molar-refractivity contribution in [3.8, 4) is 0 Å². The summed E-state index contributed by atoms with van der Waals surface area (Å²) in [5.41, 5.74) is -1.35. The Balaban J connectivity index is 2.26. The van der Waals surface area contributed by atoms with Crippen molar-refractivity contribution in [2.45, 2.75) is 12.6 Å². The maximum atomic E-state index is 13.3. The van der Waals surface area contributed by atoms with Crippen LogP contribution in [0, 0.1) is 11.7 Å². The molecule has 0 amide bonds. The van der Waals surface area contributed by atoms with E-state index < -0.39 is 17.6 Å². The average molecular weight is 261 g/mol. The van der Waals surface area contributed by atoms with Gasteiger partial charge in [0.05, 0.1) is 5.56 Å². The molecular weight excluding hydrogens is 250 g/mol. The second kappa shape index (κ2) is 4.68. The van der Waals surface area contributed by atoms with E-state index in [0.717, 1.165) is 6.07 Å². The van der Waals surface area contributed by atoms with Crippen LogP contribution in [0.1, 0.15) is 22.3 Å². The molecule has 1 heterocycles. The zero-order valence-corrected chi connectivity index (χ0v) is 9.35. The minimum absolute atomic E-state index is 0.00537. The summed E-state index contributed by atoms with van der Waals surface area (Å²) in [6.45, 7) is 1.18. The summed E-state index contributed by atoms with van der Waals surface area (Å²) in [5.74, 6) is -1.99. The number of alkyl halides is 3. The smallest absolute Gasteiger partial charge is 0.316 e. The van der Waals surface area contributed by atoms with Crippen LogP contribution < -0.4 is 5.32 Å². The number of carbonyl (C=O) groups is 1. The summed E-state index contributed by atoms with van der Waals surface area (Å²) in [7, 11) is 0. The molecular formula is C12H11F4NO. The molecule has 1 unspecified atom stereocenters. The zero-order valence-electron chi connectivity index (χ0n) is 9.35. The van der Waals surface area contributed by atoms with Crippen molar-refractivity contribution in [1.29, 1.82) is 0 Å². The molecule has 18 heavy (non-hydrogen) atoms. The van der Waals surface area contributed by atoms with E-state index in [9.17, 15) is 22.4 Å². The molecule has 0 aromatic heterocycles. The summed E-state index contributed by atoms with van der Waals surface area (Å²) in [5, 5.41) is 2.98. The molecule has 1 aromatic rings. The molecule has 1 fully saturated rings. The third kappa shape index (κ3) is 2.53. The minimum Gasteiger partial charge on any atom is -0.316 e. The second-order valence-electron chi connectivity index (χ2n) is 4.25. The number of hydrogen-bond acceptors (Lipinski definition) is 2. The Hall–Kier alpha value is -1.43. The number of Topliss-reactive ketones (excluding diaryl/α,β-unsaturated/α-hetero) is 1. The van der Waals surface area contributed by atoms with E-state index in [1.807, 2.05) is 0 Å². The van der Waals surface area contributed by atoms with Crippen molar-refractivity contribution < 1.29 is 22.4 Å². The van der Waals surface area contributed by atoms with Crippen LogP contribution in [0.2, 0.25) is 0 Å². The van der Waals surface area contributed by atoms with Gasteiger partial charge in [-0.25, -0.2) is 4.39 Å². The average Bonchev–Trinajstić information content (AvgIpc) is 2.79. The number of hydrogen-bond donors (Lipinski definition) is 1. The fourth-order valence-corrected chi connectivity index (χ4v) is 2.01. The third-order valence-corrected chi connectivity index (χ3v) is 2.99. The van der Waals surface area contributed by atoms with E-state index in [0.29, 0.717) is 31.6 Å². The van der Waals surface area contributed by atoms with Gasteiger partial charge in [-0.15, -0.1) is 0 Å². The van der Waals surface area contributed by atoms with E-state index in [1.54, 1.807) is 0 Å². The van der Waals surface area contributed by atoms with Gasteiger partial charge in [0.2, 0.25) is 0 Å². The van der Waals surface area contributed by atoms with Crippen LogP contribution in [0.3, 0.4) is 0 Å². The van der Waals surface area contributed by atoms with Crippen LogP contribution in [-0.2, 0) is 6.18 Å². The predicted octanol–water partition coefficient (Wildman–Crippen LogP) is 2.64. The maximum absolute atomic E-state index is 13.3. The van der Waals surface area contributed by atoms with Crippen LogP contribution in [0.25, 0.3) is 0 Å². The first kappa shape index (κ1) is 13.0. The number of halogens is 4. The predicted molar refractivity (Wildman–Crippen MR) is 56.7 cm³/mol. The molecule has 6 heteroatoms. The van der Waals surface area contributed by atoms with Gasteiger partial charge >= 0.3 is 6.18 Å². The van der Waals surface area contributed by atoms with E-state index in [-0.39, 0.29) is 17.3 Å². The Bertz CT molecular complexity index is 464. The Morgan fingerprint density at radius 2 is 2.06 bits per heavy atom. The summed E-state index contributed by atoms with van der Waals surface area (Å²) in [6, 6.07) is 2.32. The van der Waals surface area contributed by atoms with Gasteiger partial charge in [-0.05, 0) is 25.1 Å². The molecule has 1 aliphatic heterocycles. The normalized spacial score (nSPS) is 20.1. The number of carbonyl (C=O) groups excluding carboxylic acids is 1. The van der Waals surface area contributed by atoms with E-state index in [4.69, 9.17) is 0 Å². The van der Waals surface area contributed by atoms with E-state index >= 15 is 0 Å². The fourth-order valence-electron chi connectivity index (χ4n) is 2.01. The lowest BCUT2D eigenvalue weighted by Crippen LogP contribution is -2.18. The third-order valence-electron chi connectivity index (χ3n) is 2.99. The minimum atomic E-state index is -4.74. The largest absolute Gasteiger partial charge is 0.419 e. The highest BCUT2D eigenvalue weighted by atomic mass is 19.4. The molecule has 2 rings (SSSR count). The topological polar surface area (TPSA) is 29.1 Å². The highest BCUT2D eigenvalue weighted by molar-refractivity contribution is 5.98. The Labute approximate surface area is 101 Å². The van der Waals surface area contributed by atoms with E-state index in [1.165, 1.54) is 0 Å². The van der Waals surface area contributed by atoms with Gasteiger partial charge in [0.25, 0.3) is 0 Å². The summed E-state index contributed by atoms with van der Waals surface area (Å²) in [4.78, 5) is 11.9. The molecule has 2 nitrogen and oxygen atoms in total. The molecule has 0 aliphatic carbocycles. The number of benzene rings is 1. The van der Waals surface area contributed by atoms with Gasteiger partial charge in [0.1, 0.15) is 5.82 Å². The van der Waals surface area contributed by atoms with Crippen molar-refractivity contribution in [2.75, 3.05) is 13.1 Å². The molecule has 1 atom stereocenters. The SMILES string of the molecule is O=C(c1ccc(C(F)(F)F)c(F)c1)C1CCNC1. The van der Waals surface area contributed by atoms with Crippen LogP contribution in [0.15, 0.2) is 18.2 Å². The van der Waals surface area contributed by atoms with Crippen molar-refractivity contribution in [3.05, 3.63) is 35.1 Å². The zero-order chi connectivity index (χ0) is 13.3. The summed E-state index contributed by atoms with van der Waals surface area (Å²) >= 11 is 0. The van der Waals surface area contributed by atoms with Crippen LogP contribution >= 0.6 is 0 Å². The number of rotatable bonds is 2. The van der Waals surface area contributed by atoms with Gasteiger partial charge in [-0.3, -0.25) is 4.79 Å². The van der Waals surface area contributed by atoms with Crippen molar-refractivity contribution >= 4 is 5.78 Å². The van der Waals surface area contributed by atoms with E-state index in [2.05, 4.69) is 5.32 Å². The highest BCUT2D eigenvalue weighted by Gasteiger charge is 2.34. The second-order valence-corrected chi connectivity index (χ2v) is 4.25. The van der Waals surface area contributed by atoms with Gasteiger partial charge in [0.15, 0.2) is 5.78 Å². The standard InChI is InChI=1S/C12H11F4NO/c13-10-5-7(1-2-9(10)12(14,15)16)11(18)8-3-4-17-6-8/h1-2,5,8,17H,3-4,6H2. The molecule has 1 aromatic carbocycles. The van der Waals surface area contributed by atoms with Gasteiger partial charge in [-0.1, -0.05) is 6.07 Å². The number of nitrogens with one attached hydrogen (secondary N) is 1.